The van der Waals surface area contributed by atoms with E-state index < -0.39 is 8.32 Å². The quantitative estimate of drug-likeness (QED) is 0.310. The van der Waals surface area contributed by atoms with Gasteiger partial charge in [-0.2, -0.15) is 0 Å². The summed E-state index contributed by atoms with van der Waals surface area (Å²) in [6.07, 6.45) is 7.75. The fraction of sp³-hybridized carbons (Fsp3) is 0.688. The SMILES string of the molecule is C#CC[C@@H](O[Si](C)(C)C(C)(C)C)[C@@H](CC=C)C(=O)OC. The molecule has 3 nitrogen and oxygen atoms in total. The van der Waals surface area contributed by atoms with E-state index in [0.717, 1.165) is 0 Å². The first-order chi connectivity index (χ1) is 9.10. The van der Waals surface area contributed by atoms with Gasteiger partial charge in [-0.15, -0.1) is 18.9 Å². The topological polar surface area (TPSA) is 35.5 Å². The minimum absolute atomic E-state index is 0.0642. The molecule has 0 aliphatic rings. The minimum atomic E-state index is -1.99. The molecule has 0 unspecified atom stereocenters. The molecule has 0 aromatic heterocycles. The second-order valence-electron chi connectivity index (χ2n) is 6.48. The fourth-order valence-corrected chi connectivity index (χ4v) is 3.03. The molecular formula is C16H28O3Si. The Hall–Kier alpha value is -1.05. The Labute approximate surface area is 124 Å². The maximum atomic E-state index is 12.0. The van der Waals surface area contributed by atoms with E-state index in [2.05, 4.69) is 46.4 Å². The van der Waals surface area contributed by atoms with Gasteiger partial charge in [-0.1, -0.05) is 26.8 Å². The van der Waals surface area contributed by atoms with Gasteiger partial charge in [0.2, 0.25) is 0 Å². The molecule has 4 heteroatoms. The van der Waals surface area contributed by atoms with Crippen LogP contribution in [0.3, 0.4) is 0 Å². The number of methoxy groups -OCH3 is 1. The molecule has 0 rings (SSSR count). The lowest BCUT2D eigenvalue weighted by Gasteiger charge is -2.40. The van der Waals surface area contributed by atoms with Gasteiger partial charge in [0.15, 0.2) is 8.32 Å². The molecule has 0 spiro atoms. The van der Waals surface area contributed by atoms with Crippen LogP contribution >= 0.6 is 0 Å². The third-order valence-electron chi connectivity index (χ3n) is 3.94. The molecule has 0 aliphatic heterocycles. The zero-order valence-electron chi connectivity index (χ0n) is 13.7. The summed E-state index contributed by atoms with van der Waals surface area (Å²) in [4.78, 5) is 12.0. The maximum absolute atomic E-state index is 12.0. The summed E-state index contributed by atoms with van der Waals surface area (Å²) in [6.45, 7) is 14.5. The Morgan fingerprint density at radius 1 is 1.45 bits per heavy atom. The van der Waals surface area contributed by atoms with E-state index in [1.165, 1.54) is 7.11 Å². The first kappa shape index (κ1) is 18.9. The highest BCUT2D eigenvalue weighted by atomic mass is 28.4. The summed E-state index contributed by atoms with van der Waals surface area (Å²) in [7, 11) is -0.607. The van der Waals surface area contributed by atoms with E-state index in [-0.39, 0.29) is 23.0 Å². The van der Waals surface area contributed by atoms with Gasteiger partial charge >= 0.3 is 5.97 Å². The molecule has 0 radical (unpaired) electrons. The first-order valence-corrected chi connectivity index (χ1v) is 9.81. The predicted molar refractivity (Wildman–Crippen MR) is 85.8 cm³/mol. The van der Waals surface area contributed by atoms with Crippen LogP contribution in [0.25, 0.3) is 0 Å². The molecule has 0 amide bonds. The third kappa shape index (κ3) is 5.14. The van der Waals surface area contributed by atoms with Gasteiger partial charge in [0.05, 0.1) is 19.1 Å². The second kappa shape index (κ2) is 7.66. The summed E-state index contributed by atoms with van der Waals surface area (Å²) >= 11 is 0. The highest BCUT2D eigenvalue weighted by Crippen LogP contribution is 2.38. The average molecular weight is 296 g/mol. The van der Waals surface area contributed by atoms with E-state index in [1.54, 1.807) is 6.08 Å². The lowest BCUT2D eigenvalue weighted by molar-refractivity contribution is -0.148. The monoisotopic (exact) mass is 296 g/mol. The lowest BCUT2D eigenvalue weighted by atomic mass is 9.96. The van der Waals surface area contributed by atoms with Crippen molar-refractivity contribution in [1.29, 1.82) is 0 Å². The lowest BCUT2D eigenvalue weighted by Crippen LogP contribution is -2.47. The van der Waals surface area contributed by atoms with Crippen molar-refractivity contribution in [3.63, 3.8) is 0 Å². The molecule has 0 bridgehead atoms. The van der Waals surface area contributed by atoms with E-state index in [9.17, 15) is 4.79 Å². The van der Waals surface area contributed by atoms with Crippen LogP contribution in [0.1, 0.15) is 33.6 Å². The number of ether oxygens (including phenoxy) is 1. The zero-order chi connectivity index (χ0) is 16.0. The molecule has 0 saturated carbocycles. The molecular weight excluding hydrogens is 268 g/mol. The van der Waals surface area contributed by atoms with Gasteiger partial charge in [-0.25, -0.2) is 0 Å². The standard InChI is InChI=1S/C16H28O3Si/c1-9-11-13(15(17)18-6)14(12-10-2)19-20(7,8)16(3,4)5/h2,9,13-14H,1,11-12H2,3-8H3/t13-,14-/m1/s1. The van der Waals surface area contributed by atoms with Crippen LogP contribution in [0.5, 0.6) is 0 Å². The highest BCUT2D eigenvalue weighted by molar-refractivity contribution is 6.74. The highest BCUT2D eigenvalue weighted by Gasteiger charge is 2.41. The number of carbonyl (C=O) groups excluding carboxylic acids is 1. The van der Waals surface area contributed by atoms with Crippen molar-refractivity contribution in [1.82, 2.24) is 0 Å². The Balaban J connectivity index is 5.26. The fourth-order valence-electron chi connectivity index (χ4n) is 1.67. The van der Waals surface area contributed by atoms with Crippen molar-refractivity contribution in [2.75, 3.05) is 7.11 Å². The van der Waals surface area contributed by atoms with Crippen molar-refractivity contribution < 1.29 is 14.0 Å². The van der Waals surface area contributed by atoms with Crippen LogP contribution in [0.15, 0.2) is 12.7 Å². The van der Waals surface area contributed by atoms with Gasteiger partial charge in [-0.3, -0.25) is 4.79 Å². The maximum Gasteiger partial charge on any atom is 0.311 e. The average Bonchev–Trinajstić information content (AvgIpc) is 2.33. The number of terminal acetylenes is 1. The van der Waals surface area contributed by atoms with Gasteiger partial charge in [0, 0.05) is 6.42 Å². The predicted octanol–water partition coefficient (Wildman–Crippen LogP) is 3.77. The van der Waals surface area contributed by atoms with Crippen molar-refractivity contribution >= 4 is 14.3 Å². The van der Waals surface area contributed by atoms with Crippen LogP contribution in [-0.2, 0) is 14.0 Å². The van der Waals surface area contributed by atoms with Crippen LogP contribution in [0.4, 0.5) is 0 Å². The van der Waals surface area contributed by atoms with E-state index >= 15 is 0 Å². The van der Waals surface area contributed by atoms with Gasteiger partial charge in [0.1, 0.15) is 0 Å². The smallest absolute Gasteiger partial charge is 0.311 e. The number of hydrogen-bond donors (Lipinski definition) is 0. The Kier molecular flexibility index (Phi) is 7.25. The number of hydrogen-bond acceptors (Lipinski definition) is 3. The summed E-state index contributed by atoms with van der Waals surface area (Å²) in [5, 5.41) is 0.0642. The first-order valence-electron chi connectivity index (χ1n) is 6.90. The van der Waals surface area contributed by atoms with Crippen molar-refractivity contribution in [2.45, 2.75) is 57.8 Å². The number of carbonyl (C=O) groups is 1. The van der Waals surface area contributed by atoms with Crippen LogP contribution < -0.4 is 0 Å². The normalized spacial score (nSPS) is 15.1. The van der Waals surface area contributed by atoms with Crippen LogP contribution in [-0.4, -0.2) is 27.5 Å². The van der Waals surface area contributed by atoms with Gasteiger partial charge in [0.25, 0.3) is 0 Å². The Morgan fingerprint density at radius 2 is 2.00 bits per heavy atom. The van der Waals surface area contributed by atoms with Gasteiger partial charge < -0.3 is 9.16 Å². The molecule has 0 heterocycles. The number of rotatable bonds is 7. The van der Waals surface area contributed by atoms with Gasteiger partial charge in [-0.05, 0) is 24.6 Å². The molecule has 0 aromatic carbocycles. The summed E-state index contributed by atoms with van der Waals surface area (Å²) in [5.41, 5.74) is 0. The molecule has 20 heavy (non-hydrogen) atoms. The van der Waals surface area contributed by atoms with E-state index in [4.69, 9.17) is 15.6 Å². The molecule has 0 aliphatic carbocycles. The molecule has 0 aromatic rings. The van der Waals surface area contributed by atoms with Crippen LogP contribution in [0.2, 0.25) is 18.1 Å². The largest absolute Gasteiger partial charge is 0.469 e. The Bertz CT molecular complexity index is 374. The second-order valence-corrected chi connectivity index (χ2v) is 11.2. The summed E-state index contributed by atoms with van der Waals surface area (Å²) in [6, 6.07) is 0. The minimum Gasteiger partial charge on any atom is -0.469 e. The third-order valence-corrected chi connectivity index (χ3v) is 8.45. The summed E-state index contributed by atoms with van der Waals surface area (Å²) in [5.74, 6) is 1.94. The Morgan fingerprint density at radius 3 is 2.35 bits per heavy atom. The summed E-state index contributed by atoms with van der Waals surface area (Å²) < 4.78 is 11.2. The van der Waals surface area contributed by atoms with E-state index in [0.29, 0.717) is 12.8 Å². The molecule has 0 saturated heterocycles. The number of allylic oxidation sites excluding steroid dienone is 1. The zero-order valence-corrected chi connectivity index (χ0v) is 14.7. The molecule has 0 fully saturated rings. The van der Waals surface area contributed by atoms with E-state index in [1.807, 2.05) is 0 Å². The number of esters is 1. The van der Waals surface area contributed by atoms with Crippen molar-refractivity contribution in [3.8, 4) is 12.3 Å². The molecule has 114 valence electrons. The van der Waals surface area contributed by atoms with Crippen molar-refractivity contribution in [2.24, 2.45) is 5.92 Å². The molecule has 2 atom stereocenters. The van der Waals surface area contributed by atoms with Crippen LogP contribution in [0, 0.1) is 18.3 Å². The van der Waals surface area contributed by atoms with Crippen molar-refractivity contribution in [3.05, 3.63) is 12.7 Å². The molecule has 0 N–H and O–H groups in total.